The van der Waals surface area contributed by atoms with Gasteiger partial charge >= 0.3 is 0 Å². The molecule has 1 fully saturated rings. The van der Waals surface area contributed by atoms with Gasteiger partial charge in [0.15, 0.2) is 0 Å². The smallest absolute Gasteiger partial charge is 0.135 e. The molecule has 0 aliphatic carbocycles. The number of nitrogens with zero attached hydrogens (tertiary/aromatic N) is 1. The number of ether oxygens (including phenoxy) is 1. The molecule has 1 N–H and O–H groups in total. The van der Waals surface area contributed by atoms with Gasteiger partial charge in [0.25, 0.3) is 0 Å². The van der Waals surface area contributed by atoms with Gasteiger partial charge in [0, 0.05) is 18.7 Å². The van der Waals surface area contributed by atoms with Crippen molar-refractivity contribution >= 4 is 11.6 Å². The topological polar surface area (TPSA) is 37.6 Å². The molecule has 5 heteroatoms. The van der Waals surface area contributed by atoms with E-state index in [4.69, 9.17) is 20.8 Å². The van der Waals surface area contributed by atoms with Crippen molar-refractivity contribution in [3.8, 4) is 11.3 Å². The van der Waals surface area contributed by atoms with E-state index in [1.165, 1.54) is 0 Å². The van der Waals surface area contributed by atoms with E-state index in [0.717, 1.165) is 69.4 Å². The van der Waals surface area contributed by atoms with E-state index in [9.17, 15) is 0 Å². The van der Waals surface area contributed by atoms with Crippen molar-refractivity contribution in [2.24, 2.45) is 0 Å². The van der Waals surface area contributed by atoms with Gasteiger partial charge < -0.3 is 14.5 Å². The Balaban J connectivity index is 1.40. The van der Waals surface area contributed by atoms with E-state index in [1.807, 2.05) is 36.4 Å². The van der Waals surface area contributed by atoms with Crippen molar-refractivity contribution in [1.29, 1.82) is 0 Å². The molecule has 1 aromatic heterocycles. The molecule has 0 radical (unpaired) electrons. The second-order valence-electron chi connectivity index (χ2n) is 5.73. The molecule has 1 aliphatic heterocycles. The molecule has 2 aromatic rings. The fourth-order valence-corrected chi connectivity index (χ4v) is 2.97. The van der Waals surface area contributed by atoms with Gasteiger partial charge in [0.2, 0.25) is 0 Å². The van der Waals surface area contributed by atoms with Gasteiger partial charge in [-0.25, -0.2) is 0 Å². The van der Waals surface area contributed by atoms with Gasteiger partial charge in [0.05, 0.1) is 24.8 Å². The molecule has 0 unspecified atom stereocenters. The fraction of sp³-hybridized carbons (Fsp3) is 0.444. The summed E-state index contributed by atoms with van der Waals surface area (Å²) in [6.45, 7) is 6.69. The van der Waals surface area contributed by atoms with Crippen LogP contribution in [0.1, 0.15) is 12.2 Å². The van der Waals surface area contributed by atoms with Crippen LogP contribution in [0.4, 0.5) is 0 Å². The summed E-state index contributed by atoms with van der Waals surface area (Å²) >= 11 is 6.20. The van der Waals surface area contributed by atoms with E-state index in [1.54, 1.807) is 0 Å². The first-order valence-electron chi connectivity index (χ1n) is 8.17. The summed E-state index contributed by atoms with van der Waals surface area (Å²) in [5.41, 5.74) is 0.938. The van der Waals surface area contributed by atoms with Gasteiger partial charge in [-0.1, -0.05) is 23.7 Å². The lowest BCUT2D eigenvalue weighted by Gasteiger charge is -2.26. The Morgan fingerprint density at radius 1 is 1.09 bits per heavy atom. The highest BCUT2D eigenvalue weighted by Crippen LogP contribution is 2.28. The normalized spacial score (nSPS) is 15.9. The summed E-state index contributed by atoms with van der Waals surface area (Å²) in [6.07, 6.45) is 1.14. The predicted octanol–water partition coefficient (Wildman–Crippen LogP) is 3.41. The Hall–Kier alpha value is -1.33. The second kappa shape index (κ2) is 8.50. The van der Waals surface area contributed by atoms with Crippen LogP contribution in [0.2, 0.25) is 5.02 Å². The van der Waals surface area contributed by atoms with Crippen molar-refractivity contribution in [3.63, 3.8) is 0 Å². The number of hydrogen-bond donors (Lipinski definition) is 1. The van der Waals surface area contributed by atoms with Crippen LogP contribution in [0.25, 0.3) is 11.3 Å². The number of rotatable bonds is 7. The van der Waals surface area contributed by atoms with Gasteiger partial charge in [-0.05, 0) is 43.8 Å². The number of morpholine rings is 1. The lowest BCUT2D eigenvalue weighted by molar-refractivity contribution is 0.0374. The zero-order valence-corrected chi connectivity index (χ0v) is 14.0. The zero-order chi connectivity index (χ0) is 15.9. The Morgan fingerprint density at radius 2 is 1.91 bits per heavy atom. The van der Waals surface area contributed by atoms with Crippen molar-refractivity contribution in [2.45, 2.75) is 13.0 Å². The average Bonchev–Trinajstić information content (AvgIpc) is 3.04. The highest BCUT2D eigenvalue weighted by molar-refractivity contribution is 6.33. The van der Waals surface area contributed by atoms with Crippen LogP contribution < -0.4 is 5.32 Å². The van der Waals surface area contributed by atoms with E-state index in [0.29, 0.717) is 5.02 Å². The highest BCUT2D eigenvalue weighted by Gasteiger charge is 2.10. The number of hydrogen-bond acceptors (Lipinski definition) is 4. The van der Waals surface area contributed by atoms with E-state index in [2.05, 4.69) is 10.2 Å². The molecule has 2 heterocycles. The summed E-state index contributed by atoms with van der Waals surface area (Å²) in [5.74, 6) is 1.76. The maximum absolute atomic E-state index is 6.20. The SMILES string of the molecule is Clc1ccccc1-c1ccc(CNCCCN2CCOCC2)o1. The number of halogens is 1. The summed E-state index contributed by atoms with van der Waals surface area (Å²) in [4.78, 5) is 2.45. The molecule has 23 heavy (non-hydrogen) atoms. The Bertz CT molecular complexity index is 609. The summed E-state index contributed by atoms with van der Waals surface area (Å²) < 4.78 is 11.2. The molecule has 4 nitrogen and oxygen atoms in total. The molecule has 0 atom stereocenters. The number of benzene rings is 1. The van der Waals surface area contributed by atoms with Crippen molar-refractivity contribution in [1.82, 2.24) is 10.2 Å². The van der Waals surface area contributed by atoms with E-state index >= 15 is 0 Å². The fourth-order valence-electron chi connectivity index (χ4n) is 2.74. The molecule has 1 aromatic carbocycles. The van der Waals surface area contributed by atoms with Crippen LogP contribution in [-0.2, 0) is 11.3 Å². The first-order valence-corrected chi connectivity index (χ1v) is 8.55. The largest absolute Gasteiger partial charge is 0.460 e. The Labute approximate surface area is 142 Å². The minimum absolute atomic E-state index is 0.715. The number of nitrogens with one attached hydrogen (secondary N) is 1. The van der Waals surface area contributed by atoms with Gasteiger partial charge in [-0.3, -0.25) is 4.90 Å². The van der Waals surface area contributed by atoms with Crippen molar-refractivity contribution < 1.29 is 9.15 Å². The van der Waals surface area contributed by atoms with Crippen LogP contribution in [-0.4, -0.2) is 44.3 Å². The summed E-state index contributed by atoms with van der Waals surface area (Å²) in [7, 11) is 0. The van der Waals surface area contributed by atoms with Gasteiger partial charge in [0.1, 0.15) is 11.5 Å². The Morgan fingerprint density at radius 3 is 2.74 bits per heavy atom. The third kappa shape index (κ3) is 4.82. The van der Waals surface area contributed by atoms with Gasteiger partial charge in [-0.15, -0.1) is 0 Å². The predicted molar refractivity (Wildman–Crippen MR) is 92.7 cm³/mol. The first kappa shape index (κ1) is 16.5. The molecule has 0 amide bonds. The third-order valence-electron chi connectivity index (χ3n) is 4.03. The molecule has 1 aliphatic rings. The van der Waals surface area contributed by atoms with Crippen LogP contribution in [0.15, 0.2) is 40.8 Å². The minimum atomic E-state index is 0.715. The monoisotopic (exact) mass is 334 g/mol. The number of furan rings is 1. The molecule has 1 saturated heterocycles. The molecular weight excluding hydrogens is 312 g/mol. The zero-order valence-electron chi connectivity index (χ0n) is 13.3. The molecular formula is C18H23ClN2O2. The molecule has 0 bridgehead atoms. The lowest BCUT2D eigenvalue weighted by atomic mass is 10.2. The standard InChI is InChI=1S/C18H23ClN2O2/c19-17-5-2-1-4-16(17)18-7-6-15(23-18)14-20-8-3-9-21-10-12-22-13-11-21/h1-2,4-7,20H,3,8-14H2. The van der Waals surface area contributed by atoms with Crippen LogP contribution in [0.5, 0.6) is 0 Å². The molecule has 0 spiro atoms. The van der Waals surface area contributed by atoms with E-state index in [-0.39, 0.29) is 0 Å². The average molecular weight is 335 g/mol. The highest BCUT2D eigenvalue weighted by atomic mass is 35.5. The van der Waals surface area contributed by atoms with Crippen molar-refractivity contribution in [3.05, 3.63) is 47.2 Å². The van der Waals surface area contributed by atoms with Crippen LogP contribution in [0.3, 0.4) is 0 Å². The summed E-state index contributed by atoms with van der Waals surface area (Å²) in [6, 6.07) is 11.7. The summed E-state index contributed by atoms with van der Waals surface area (Å²) in [5, 5.41) is 4.15. The van der Waals surface area contributed by atoms with Gasteiger partial charge in [-0.2, -0.15) is 0 Å². The molecule has 124 valence electrons. The van der Waals surface area contributed by atoms with Crippen molar-refractivity contribution in [2.75, 3.05) is 39.4 Å². The van der Waals surface area contributed by atoms with Crippen LogP contribution in [0, 0.1) is 0 Å². The maximum Gasteiger partial charge on any atom is 0.135 e. The third-order valence-corrected chi connectivity index (χ3v) is 4.36. The van der Waals surface area contributed by atoms with E-state index < -0.39 is 0 Å². The quantitative estimate of drug-likeness (QED) is 0.787. The maximum atomic E-state index is 6.20. The molecule has 0 saturated carbocycles. The molecule has 3 rings (SSSR count). The first-order chi connectivity index (χ1) is 11.3. The minimum Gasteiger partial charge on any atom is -0.460 e. The lowest BCUT2D eigenvalue weighted by Crippen LogP contribution is -2.37. The Kier molecular flexibility index (Phi) is 6.11. The van der Waals surface area contributed by atoms with Crippen LogP contribution >= 0.6 is 11.6 Å². The second-order valence-corrected chi connectivity index (χ2v) is 6.14.